The molecule has 0 saturated heterocycles. The minimum Gasteiger partial charge on any atom is -0.386 e. The number of hydrogen-bond acceptors (Lipinski definition) is 5. The molecule has 0 aliphatic carbocycles. The zero-order valence-electron chi connectivity index (χ0n) is 18.9. The molecule has 0 spiro atoms. The van der Waals surface area contributed by atoms with E-state index in [-0.39, 0.29) is 12.0 Å². The Morgan fingerprint density at radius 3 is 2.41 bits per heavy atom. The lowest BCUT2D eigenvalue weighted by Crippen LogP contribution is -2.23. The Morgan fingerprint density at radius 1 is 1.06 bits per heavy atom. The molecule has 7 heteroatoms. The Morgan fingerprint density at radius 2 is 1.78 bits per heavy atom. The first kappa shape index (κ1) is 22.2. The quantitative estimate of drug-likeness (QED) is 0.513. The van der Waals surface area contributed by atoms with Crippen LogP contribution in [0.2, 0.25) is 0 Å². The molecule has 4 rings (SSSR count). The van der Waals surface area contributed by atoms with Crippen LogP contribution in [0.5, 0.6) is 0 Å². The fraction of sp³-hybridized carbons (Fsp3) is 0.280. The predicted octanol–water partition coefficient (Wildman–Crippen LogP) is 4.58. The molecule has 0 radical (unpaired) electrons. The van der Waals surface area contributed by atoms with E-state index in [1.54, 1.807) is 24.5 Å². The number of dihydropyridines is 1. The summed E-state index contributed by atoms with van der Waals surface area (Å²) < 4.78 is 28.2. The van der Waals surface area contributed by atoms with E-state index >= 15 is 0 Å². The van der Waals surface area contributed by atoms with Gasteiger partial charge in [-0.05, 0) is 66.2 Å². The van der Waals surface area contributed by atoms with Crippen LogP contribution in [0.1, 0.15) is 31.9 Å². The molecule has 168 valence electrons. The first-order valence-electron chi connectivity index (χ1n) is 10.7. The van der Waals surface area contributed by atoms with Gasteiger partial charge in [-0.3, -0.25) is 0 Å². The van der Waals surface area contributed by atoms with Crippen molar-refractivity contribution in [2.24, 2.45) is 0 Å². The van der Waals surface area contributed by atoms with Crippen molar-refractivity contribution in [2.75, 3.05) is 18.9 Å². The molecule has 32 heavy (non-hydrogen) atoms. The van der Waals surface area contributed by atoms with Gasteiger partial charge < -0.3 is 16.0 Å². The Balaban J connectivity index is 1.75. The molecule has 1 aromatic heterocycles. The van der Waals surface area contributed by atoms with Crippen molar-refractivity contribution in [1.82, 2.24) is 14.6 Å². The first-order valence-corrected chi connectivity index (χ1v) is 12.1. The molecule has 6 nitrogen and oxygen atoms in total. The SMILES string of the molecule is CNCc1cn(S(=O)(=O)C2=CC=CNC2)c2cc(Nc3ccc(C(C)(C)C)cc3)ccc12. The van der Waals surface area contributed by atoms with Crippen LogP contribution in [0.3, 0.4) is 0 Å². The van der Waals surface area contributed by atoms with E-state index in [0.717, 1.165) is 22.3 Å². The summed E-state index contributed by atoms with van der Waals surface area (Å²) in [5.41, 5.74) is 4.74. The van der Waals surface area contributed by atoms with Crippen LogP contribution in [0.25, 0.3) is 10.9 Å². The standard InChI is InChI=1S/C25H30N4O2S/c1-25(2,3)19-7-9-20(10-8-19)28-21-11-12-23-18(15-26-4)17-29(24(23)14-21)32(30,31)22-6-5-13-27-16-22/h5-14,17,26-28H,15-16H2,1-4H3. The number of fused-ring (bicyclic) bond motifs is 1. The van der Waals surface area contributed by atoms with Gasteiger partial charge >= 0.3 is 0 Å². The summed E-state index contributed by atoms with van der Waals surface area (Å²) in [5.74, 6) is 0. The lowest BCUT2D eigenvalue weighted by atomic mass is 9.87. The highest BCUT2D eigenvalue weighted by Crippen LogP contribution is 2.30. The van der Waals surface area contributed by atoms with Gasteiger partial charge in [0.2, 0.25) is 0 Å². The van der Waals surface area contributed by atoms with Gasteiger partial charge in [0.1, 0.15) is 0 Å². The van der Waals surface area contributed by atoms with Crippen LogP contribution in [0.4, 0.5) is 11.4 Å². The van der Waals surface area contributed by atoms with Gasteiger partial charge in [0.25, 0.3) is 10.0 Å². The average Bonchev–Trinajstić information content (AvgIpc) is 3.13. The highest BCUT2D eigenvalue weighted by molar-refractivity contribution is 7.94. The Labute approximate surface area is 190 Å². The molecule has 2 heterocycles. The maximum Gasteiger partial charge on any atom is 0.266 e. The second kappa shape index (κ2) is 8.48. The molecule has 0 fully saturated rings. The topological polar surface area (TPSA) is 75.2 Å². The largest absolute Gasteiger partial charge is 0.386 e. The molecule has 0 atom stereocenters. The highest BCUT2D eigenvalue weighted by Gasteiger charge is 2.24. The molecule has 0 bridgehead atoms. The maximum atomic E-state index is 13.4. The van der Waals surface area contributed by atoms with E-state index in [1.165, 1.54) is 9.54 Å². The number of nitrogens with one attached hydrogen (secondary N) is 3. The fourth-order valence-corrected chi connectivity index (χ4v) is 5.28. The van der Waals surface area contributed by atoms with Gasteiger partial charge in [-0.2, -0.15) is 0 Å². The van der Waals surface area contributed by atoms with Gasteiger partial charge in [-0.1, -0.05) is 39.0 Å². The van der Waals surface area contributed by atoms with E-state index < -0.39 is 10.0 Å². The third-order valence-electron chi connectivity index (χ3n) is 5.62. The van der Waals surface area contributed by atoms with E-state index in [2.05, 4.69) is 61.0 Å². The molecular formula is C25H30N4O2S. The number of benzene rings is 2. The van der Waals surface area contributed by atoms with Crippen molar-refractivity contribution in [1.29, 1.82) is 0 Å². The van der Waals surface area contributed by atoms with E-state index in [1.807, 2.05) is 25.2 Å². The van der Waals surface area contributed by atoms with Crippen LogP contribution in [0, 0.1) is 0 Å². The monoisotopic (exact) mass is 450 g/mol. The highest BCUT2D eigenvalue weighted by atomic mass is 32.2. The second-order valence-corrected chi connectivity index (χ2v) is 10.9. The Kier molecular flexibility index (Phi) is 5.88. The van der Waals surface area contributed by atoms with E-state index in [4.69, 9.17) is 0 Å². The molecule has 2 aromatic carbocycles. The van der Waals surface area contributed by atoms with Gasteiger partial charge in [-0.15, -0.1) is 0 Å². The van der Waals surface area contributed by atoms with Crippen molar-refractivity contribution < 1.29 is 8.42 Å². The lowest BCUT2D eigenvalue weighted by Gasteiger charge is -2.19. The number of aromatic nitrogens is 1. The van der Waals surface area contributed by atoms with Crippen LogP contribution in [0.15, 0.2) is 71.9 Å². The third-order valence-corrected chi connectivity index (χ3v) is 7.39. The molecular weight excluding hydrogens is 420 g/mol. The normalized spacial score (nSPS) is 14.3. The van der Waals surface area contributed by atoms with Crippen LogP contribution in [-0.4, -0.2) is 26.0 Å². The smallest absolute Gasteiger partial charge is 0.266 e. The van der Waals surface area contributed by atoms with Gasteiger partial charge in [0.05, 0.1) is 17.0 Å². The van der Waals surface area contributed by atoms with Crippen molar-refractivity contribution in [2.45, 2.75) is 32.7 Å². The van der Waals surface area contributed by atoms with Gasteiger partial charge in [0, 0.05) is 29.5 Å². The average molecular weight is 451 g/mol. The number of rotatable bonds is 6. The summed E-state index contributed by atoms with van der Waals surface area (Å²) in [6, 6.07) is 14.2. The predicted molar refractivity (Wildman–Crippen MR) is 133 cm³/mol. The summed E-state index contributed by atoms with van der Waals surface area (Å²) in [7, 11) is -1.83. The summed E-state index contributed by atoms with van der Waals surface area (Å²) in [6.45, 7) is 7.42. The Hall–Kier alpha value is -3.03. The zero-order chi connectivity index (χ0) is 22.9. The second-order valence-electron chi connectivity index (χ2n) is 9.04. The molecule has 3 N–H and O–H groups in total. The molecule has 0 unspecified atom stereocenters. The number of hydrogen-bond donors (Lipinski definition) is 3. The number of anilines is 2. The summed E-state index contributed by atoms with van der Waals surface area (Å²) >= 11 is 0. The summed E-state index contributed by atoms with van der Waals surface area (Å²) in [5, 5.41) is 10.4. The third kappa shape index (κ3) is 4.31. The molecule has 1 aliphatic heterocycles. The van der Waals surface area contributed by atoms with Crippen LogP contribution < -0.4 is 16.0 Å². The van der Waals surface area contributed by atoms with Gasteiger partial charge in [-0.25, -0.2) is 12.4 Å². The van der Waals surface area contributed by atoms with E-state index in [0.29, 0.717) is 17.0 Å². The first-order chi connectivity index (χ1) is 15.2. The minimum atomic E-state index is -3.69. The zero-order valence-corrected chi connectivity index (χ0v) is 19.8. The van der Waals surface area contributed by atoms with Crippen LogP contribution in [-0.2, 0) is 22.0 Å². The Bertz CT molecular complexity index is 1290. The van der Waals surface area contributed by atoms with Crippen molar-refractivity contribution >= 4 is 32.3 Å². The van der Waals surface area contributed by atoms with Crippen molar-refractivity contribution in [3.8, 4) is 0 Å². The van der Waals surface area contributed by atoms with Crippen LogP contribution >= 0.6 is 0 Å². The maximum absolute atomic E-state index is 13.4. The summed E-state index contributed by atoms with van der Waals surface area (Å²) in [6.07, 6.45) is 6.82. The lowest BCUT2D eigenvalue weighted by molar-refractivity contribution is 0.590. The number of allylic oxidation sites excluding steroid dienone is 2. The fourth-order valence-electron chi connectivity index (χ4n) is 3.84. The molecule has 0 saturated carbocycles. The summed E-state index contributed by atoms with van der Waals surface area (Å²) in [4.78, 5) is 0.337. The molecule has 0 amide bonds. The van der Waals surface area contributed by atoms with Crippen molar-refractivity contribution in [3.05, 3.63) is 83.0 Å². The van der Waals surface area contributed by atoms with E-state index in [9.17, 15) is 8.42 Å². The molecule has 3 aromatic rings. The van der Waals surface area contributed by atoms with Gasteiger partial charge in [0.15, 0.2) is 0 Å². The minimum absolute atomic E-state index is 0.0915. The van der Waals surface area contributed by atoms with Crippen molar-refractivity contribution in [3.63, 3.8) is 0 Å². The molecule has 1 aliphatic rings. The number of nitrogens with zero attached hydrogens (tertiary/aromatic N) is 1.